The molecular weight excluding hydrogens is 376 g/mol. The normalized spacial score (nSPS) is 14.5. The predicted octanol–water partition coefficient (Wildman–Crippen LogP) is 4.02. The van der Waals surface area contributed by atoms with Crippen molar-refractivity contribution in [3.63, 3.8) is 0 Å². The number of hydrogen-bond acceptors (Lipinski definition) is 3. The molecule has 5 nitrogen and oxygen atoms in total. The molecule has 1 saturated heterocycles. The molecule has 1 heterocycles. The van der Waals surface area contributed by atoms with Crippen LogP contribution in [0.15, 0.2) is 66.7 Å². The van der Waals surface area contributed by atoms with E-state index in [0.29, 0.717) is 38.0 Å². The maximum Gasteiger partial charge on any atom is 0.254 e. The van der Waals surface area contributed by atoms with Crippen LogP contribution in [0.25, 0.3) is 10.8 Å². The molecule has 3 aromatic carbocycles. The van der Waals surface area contributed by atoms with E-state index in [0.717, 1.165) is 22.1 Å². The summed E-state index contributed by atoms with van der Waals surface area (Å²) in [6.45, 7) is 1.71. The van der Waals surface area contributed by atoms with Crippen molar-refractivity contribution in [2.24, 2.45) is 5.92 Å². The highest BCUT2D eigenvalue weighted by atomic mass is 16.5. The Labute approximate surface area is 176 Å². The van der Waals surface area contributed by atoms with Gasteiger partial charge in [0.1, 0.15) is 5.75 Å². The molecule has 30 heavy (non-hydrogen) atoms. The van der Waals surface area contributed by atoms with Gasteiger partial charge in [-0.3, -0.25) is 9.59 Å². The first-order valence-corrected chi connectivity index (χ1v) is 10.3. The fourth-order valence-corrected chi connectivity index (χ4v) is 4.08. The number of nitrogens with one attached hydrogen (secondary N) is 1. The van der Waals surface area contributed by atoms with E-state index in [-0.39, 0.29) is 17.7 Å². The van der Waals surface area contributed by atoms with Gasteiger partial charge in [0.15, 0.2) is 0 Å². The third kappa shape index (κ3) is 4.15. The van der Waals surface area contributed by atoms with Gasteiger partial charge in [-0.15, -0.1) is 0 Å². The van der Waals surface area contributed by atoms with E-state index in [2.05, 4.69) is 5.32 Å². The van der Waals surface area contributed by atoms with Gasteiger partial charge in [0.2, 0.25) is 5.91 Å². The van der Waals surface area contributed by atoms with E-state index in [9.17, 15) is 9.59 Å². The van der Waals surface area contributed by atoms with Gasteiger partial charge in [0.25, 0.3) is 5.91 Å². The van der Waals surface area contributed by atoms with Crippen molar-refractivity contribution >= 4 is 22.6 Å². The molecule has 0 saturated carbocycles. The molecule has 3 aromatic rings. The number of benzene rings is 3. The average molecular weight is 402 g/mol. The highest BCUT2D eigenvalue weighted by Gasteiger charge is 2.28. The van der Waals surface area contributed by atoms with Crippen molar-refractivity contribution in [2.45, 2.75) is 19.4 Å². The molecule has 0 atom stereocenters. The first kappa shape index (κ1) is 20.0. The summed E-state index contributed by atoms with van der Waals surface area (Å²) >= 11 is 0. The van der Waals surface area contributed by atoms with Crippen LogP contribution < -0.4 is 10.1 Å². The molecule has 1 aliphatic rings. The lowest BCUT2D eigenvalue weighted by molar-refractivity contribution is -0.126. The maximum absolute atomic E-state index is 13.2. The first-order chi connectivity index (χ1) is 14.7. The van der Waals surface area contributed by atoms with Crippen molar-refractivity contribution in [2.75, 3.05) is 20.2 Å². The van der Waals surface area contributed by atoms with Gasteiger partial charge >= 0.3 is 0 Å². The van der Waals surface area contributed by atoms with Crippen LogP contribution in [0.3, 0.4) is 0 Å². The Kier molecular flexibility index (Phi) is 5.98. The summed E-state index contributed by atoms with van der Waals surface area (Å²) in [4.78, 5) is 27.6. The van der Waals surface area contributed by atoms with Crippen molar-refractivity contribution < 1.29 is 14.3 Å². The number of carbonyl (C=O) groups is 2. The molecule has 4 rings (SSSR count). The smallest absolute Gasteiger partial charge is 0.254 e. The molecule has 154 valence electrons. The van der Waals surface area contributed by atoms with Crippen LogP contribution in [0.4, 0.5) is 0 Å². The molecular formula is C25H26N2O3. The third-order valence-corrected chi connectivity index (χ3v) is 5.80. The molecule has 2 amide bonds. The number of fused-ring (bicyclic) bond motifs is 1. The van der Waals surface area contributed by atoms with E-state index in [1.165, 1.54) is 0 Å². The molecule has 0 unspecified atom stereocenters. The number of ether oxygens (including phenoxy) is 1. The Morgan fingerprint density at radius 1 is 0.933 bits per heavy atom. The van der Waals surface area contributed by atoms with E-state index in [1.807, 2.05) is 71.6 Å². The summed E-state index contributed by atoms with van der Waals surface area (Å²) in [5.74, 6) is 0.791. The van der Waals surface area contributed by atoms with E-state index in [4.69, 9.17) is 4.74 Å². The molecule has 0 aromatic heterocycles. The largest absolute Gasteiger partial charge is 0.496 e. The predicted molar refractivity (Wildman–Crippen MR) is 117 cm³/mol. The highest BCUT2D eigenvalue weighted by molar-refractivity contribution is 6.08. The molecule has 1 N–H and O–H groups in total. The summed E-state index contributed by atoms with van der Waals surface area (Å²) in [5.41, 5.74) is 1.77. The zero-order valence-electron chi connectivity index (χ0n) is 17.1. The molecule has 1 fully saturated rings. The fraction of sp³-hybridized carbons (Fsp3) is 0.280. The van der Waals surface area contributed by atoms with Crippen molar-refractivity contribution in [1.82, 2.24) is 10.2 Å². The second-order valence-electron chi connectivity index (χ2n) is 7.63. The lowest BCUT2D eigenvalue weighted by Gasteiger charge is -2.31. The molecule has 1 aliphatic heterocycles. The van der Waals surface area contributed by atoms with Crippen molar-refractivity contribution in [1.29, 1.82) is 0 Å². The van der Waals surface area contributed by atoms with Crippen LogP contribution in [-0.4, -0.2) is 36.9 Å². The molecule has 0 radical (unpaired) electrons. The van der Waals surface area contributed by atoms with Gasteiger partial charge in [0.05, 0.1) is 7.11 Å². The molecule has 0 bridgehead atoms. The van der Waals surface area contributed by atoms with Crippen LogP contribution in [0, 0.1) is 5.92 Å². The number of piperidine rings is 1. The third-order valence-electron chi connectivity index (χ3n) is 5.80. The quantitative estimate of drug-likeness (QED) is 0.701. The zero-order chi connectivity index (χ0) is 20.9. The fourth-order valence-electron chi connectivity index (χ4n) is 4.08. The number of nitrogens with zero attached hydrogens (tertiary/aromatic N) is 1. The van der Waals surface area contributed by atoms with Crippen LogP contribution in [0.1, 0.15) is 28.8 Å². The number of rotatable bonds is 5. The minimum Gasteiger partial charge on any atom is -0.496 e. The lowest BCUT2D eigenvalue weighted by atomic mass is 9.94. The Morgan fingerprint density at radius 2 is 1.60 bits per heavy atom. The summed E-state index contributed by atoms with van der Waals surface area (Å²) in [5, 5.41) is 4.85. The first-order valence-electron chi connectivity index (χ1n) is 10.3. The van der Waals surface area contributed by atoms with Gasteiger partial charge in [-0.2, -0.15) is 0 Å². The summed E-state index contributed by atoms with van der Waals surface area (Å²) in [6, 6.07) is 21.4. The Hall–Kier alpha value is -3.34. The van der Waals surface area contributed by atoms with E-state index < -0.39 is 0 Å². The Balaban J connectivity index is 1.39. The minimum atomic E-state index is -0.0506. The molecule has 0 spiro atoms. The second kappa shape index (κ2) is 8.99. The van der Waals surface area contributed by atoms with Gasteiger partial charge in [0, 0.05) is 36.5 Å². The van der Waals surface area contributed by atoms with Crippen LogP contribution in [0.2, 0.25) is 0 Å². The van der Waals surface area contributed by atoms with Crippen LogP contribution in [-0.2, 0) is 11.3 Å². The van der Waals surface area contributed by atoms with E-state index in [1.54, 1.807) is 7.11 Å². The average Bonchev–Trinajstić information content (AvgIpc) is 2.82. The number of carbonyl (C=O) groups excluding carboxylic acids is 2. The van der Waals surface area contributed by atoms with Gasteiger partial charge in [-0.05, 0) is 35.9 Å². The number of hydrogen-bond donors (Lipinski definition) is 1. The lowest BCUT2D eigenvalue weighted by Crippen LogP contribution is -2.43. The number of amides is 2. The highest BCUT2D eigenvalue weighted by Crippen LogP contribution is 2.30. The van der Waals surface area contributed by atoms with Crippen molar-refractivity contribution in [3.05, 3.63) is 77.9 Å². The zero-order valence-corrected chi connectivity index (χ0v) is 17.1. The van der Waals surface area contributed by atoms with Gasteiger partial charge < -0.3 is 15.0 Å². The second-order valence-corrected chi connectivity index (χ2v) is 7.63. The van der Waals surface area contributed by atoms with Crippen molar-refractivity contribution in [3.8, 4) is 5.75 Å². The number of methoxy groups -OCH3 is 1. The van der Waals surface area contributed by atoms with Crippen LogP contribution >= 0.6 is 0 Å². The monoisotopic (exact) mass is 402 g/mol. The molecule has 5 heteroatoms. The van der Waals surface area contributed by atoms with Gasteiger partial charge in [-0.25, -0.2) is 0 Å². The topological polar surface area (TPSA) is 58.6 Å². The Morgan fingerprint density at radius 3 is 2.30 bits per heavy atom. The summed E-state index contributed by atoms with van der Waals surface area (Å²) in [6.07, 6.45) is 1.36. The Bertz CT molecular complexity index is 1040. The maximum atomic E-state index is 13.2. The SMILES string of the molecule is COc1ccc(C(=O)N2CCC(C(=O)NCc3ccccc3)CC2)c2ccccc12. The minimum absolute atomic E-state index is 0.0111. The summed E-state index contributed by atoms with van der Waals surface area (Å²) < 4.78 is 5.43. The van der Waals surface area contributed by atoms with E-state index >= 15 is 0 Å². The summed E-state index contributed by atoms with van der Waals surface area (Å²) in [7, 11) is 1.64. The van der Waals surface area contributed by atoms with Crippen LogP contribution in [0.5, 0.6) is 5.75 Å². The standard InChI is InChI=1S/C25H26N2O3/c1-30-23-12-11-22(20-9-5-6-10-21(20)23)25(29)27-15-13-19(14-16-27)24(28)26-17-18-7-3-2-4-8-18/h2-12,19H,13-17H2,1H3,(H,26,28). The molecule has 0 aliphatic carbocycles. The van der Waals surface area contributed by atoms with Gasteiger partial charge in [-0.1, -0.05) is 54.6 Å². The number of likely N-dealkylation sites (tertiary alicyclic amines) is 1.